The van der Waals surface area contributed by atoms with Gasteiger partial charge in [-0.1, -0.05) is 6.07 Å². The molecule has 0 bridgehead atoms. The van der Waals surface area contributed by atoms with Crippen molar-refractivity contribution in [2.75, 3.05) is 17.6 Å². The normalized spacial score (nSPS) is 11.5. The van der Waals surface area contributed by atoms with Gasteiger partial charge in [0.2, 0.25) is 0 Å². The summed E-state index contributed by atoms with van der Waals surface area (Å²) in [5, 5.41) is 4.17. The van der Waals surface area contributed by atoms with Gasteiger partial charge in [-0.3, -0.25) is 4.72 Å². The number of rotatable bonds is 5. The number of nitrogen functional groups attached to an aromatic ring is 1. The number of hydrogen-bond acceptors (Lipinski definition) is 6. The third-order valence-corrected chi connectivity index (χ3v) is 5.99. The number of aromatic nitrogens is 3. The Morgan fingerprint density at radius 2 is 1.86 bits per heavy atom. The zero-order valence-corrected chi connectivity index (χ0v) is 16.6. The van der Waals surface area contributed by atoms with Crippen LogP contribution in [0.25, 0.3) is 16.8 Å². The maximum Gasteiger partial charge on any atom is 0.261 e. The lowest BCUT2D eigenvalue weighted by Crippen LogP contribution is -2.13. The van der Waals surface area contributed by atoms with E-state index in [1.54, 1.807) is 47.2 Å². The van der Waals surface area contributed by atoms with Gasteiger partial charge in [0.05, 0.1) is 23.9 Å². The number of hydrogen-bond donors (Lipinski definition) is 2. The monoisotopic (exact) mass is 409 g/mol. The third-order valence-electron chi connectivity index (χ3n) is 4.60. The minimum Gasteiger partial charge on any atom is -0.497 e. The lowest BCUT2D eigenvalue weighted by Gasteiger charge is -2.13. The highest BCUT2D eigenvalue weighted by Crippen LogP contribution is 2.30. The molecule has 0 amide bonds. The van der Waals surface area contributed by atoms with Crippen LogP contribution in [0.4, 0.5) is 11.5 Å². The van der Waals surface area contributed by atoms with E-state index in [1.165, 1.54) is 19.2 Å². The molecule has 4 aromatic rings. The minimum absolute atomic E-state index is 0.152. The molecular weight excluding hydrogens is 390 g/mol. The van der Waals surface area contributed by atoms with Crippen LogP contribution in [0.15, 0.2) is 65.8 Å². The van der Waals surface area contributed by atoms with E-state index < -0.39 is 10.0 Å². The first-order chi connectivity index (χ1) is 13.9. The van der Waals surface area contributed by atoms with Crippen LogP contribution in [0.1, 0.15) is 5.56 Å². The number of nitrogens with one attached hydrogen (secondary N) is 1. The van der Waals surface area contributed by atoms with Gasteiger partial charge < -0.3 is 10.5 Å². The van der Waals surface area contributed by atoms with E-state index in [1.807, 2.05) is 13.0 Å². The molecule has 0 aliphatic heterocycles. The molecule has 148 valence electrons. The molecule has 0 aliphatic rings. The number of ether oxygens (including phenoxy) is 1. The fourth-order valence-corrected chi connectivity index (χ4v) is 4.15. The van der Waals surface area contributed by atoms with Gasteiger partial charge in [0.1, 0.15) is 11.6 Å². The first-order valence-electron chi connectivity index (χ1n) is 8.75. The second-order valence-corrected chi connectivity index (χ2v) is 8.15. The fourth-order valence-electron chi connectivity index (χ4n) is 3.02. The van der Waals surface area contributed by atoms with Crippen LogP contribution in [0.3, 0.4) is 0 Å². The van der Waals surface area contributed by atoms with Gasteiger partial charge in [-0.25, -0.2) is 13.4 Å². The van der Waals surface area contributed by atoms with Crippen LogP contribution in [0, 0.1) is 6.92 Å². The second kappa shape index (κ2) is 7.10. The van der Waals surface area contributed by atoms with E-state index in [-0.39, 0.29) is 4.90 Å². The molecule has 2 aromatic heterocycles. The SMILES string of the molecule is COc1ccc(S(=O)(=O)Nc2ccc(-c3cnc4ccnn4c3N)cc2C)cc1. The number of methoxy groups -OCH3 is 1. The average molecular weight is 409 g/mol. The molecule has 0 atom stereocenters. The Balaban J connectivity index is 1.65. The highest BCUT2D eigenvalue weighted by Gasteiger charge is 2.16. The maximum absolute atomic E-state index is 12.7. The average Bonchev–Trinajstić information content (AvgIpc) is 3.20. The molecule has 0 saturated carbocycles. The van der Waals surface area contributed by atoms with Crippen LogP contribution >= 0.6 is 0 Å². The van der Waals surface area contributed by atoms with Crippen molar-refractivity contribution in [3.05, 3.63) is 66.5 Å². The van der Waals surface area contributed by atoms with Crippen molar-refractivity contribution in [2.45, 2.75) is 11.8 Å². The van der Waals surface area contributed by atoms with Crippen LogP contribution < -0.4 is 15.2 Å². The molecule has 0 fully saturated rings. The van der Waals surface area contributed by atoms with Crippen molar-refractivity contribution in [1.29, 1.82) is 0 Å². The van der Waals surface area contributed by atoms with Crippen LogP contribution in [0.2, 0.25) is 0 Å². The van der Waals surface area contributed by atoms with Crippen molar-refractivity contribution in [2.24, 2.45) is 0 Å². The van der Waals surface area contributed by atoms with E-state index >= 15 is 0 Å². The van der Waals surface area contributed by atoms with Crippen molar-refractivity contribution < 1.29 is 13.2 Å². The van der Waals surface area contributed by atoms with Crippen molar-refractivity contribution in [1.82, 2.24) is 14.6 Å². The molecule has 0 saturated heterocycles. The first-order valence-corrected chi connectivity index (χ1v) is 10.2. The minimum atomic E-state index is -3.72. The Bertz CT molecular complexity index is 1300. The Kier molecular flexibility index (Phi) is 4.59. The lowest BCUT2D eigenvalue weighted by atomic mass is 10.0. The van der Waals surface area contributed by atoms with Crippen LogP contribution in [-0.4, -0.2) is 30.1 Å². The summed E-state index contributed by atoms with van der Waals surface area (Å²) >= 11 is 0. The molecule has 2 heterocycles. The van der Waals surface area contributed by atoms with Crippen molar-refractivity contribution in [3.63, 3.8) is 0 Å². The smallest absolute Gasteiger partial charge is 0.261 e. The maximum atomic E-state index is 12.7. The van der Waals surface area contributed by atoms with Gasteiger partial charge in [-0.2, -0.15) is 9.61 Å². The van der Waals surface area contributed by atoms with Crippen molar-refractivity contribution >= 4 is 27.2 Å². The molecule has 9 heteroatoms. The number of anilines is 2. The molecule has 2 aromatic carbocycles. The number of sulfonamides is 1. The number of fused-ring (bicyclic) bond motifs is 1. The summed E-state index contributed by atoms with van der Waals surface area (Å²) in [6.07, 6.45) is 3.31. The summed E-state index contributed by atoms with van der Waals surface area (Å²) in [5.74, 6) is 1.05. The summed E-state index contributed by atoms with van der Waals surface area (Å²) in [4.78, 5) is 4.49. The predicted octanol–water partition coefficient (Wildman–Crippen LogP) is 3.10. The predicted molar refractivity (Wildman–Crippen MR) is 111 cm³/mol. The third kappa shape index (κ3) is 3.47. The number of benzene rings is 2. The zero-order valence-electron chi connectivity index (χ0n) is 15.8. The highest BCUT2D eigenvalue weighted by atomic mass is 32.2. The summed E-state index contributed by atoms with van der Waals surface area (Å²) in [5.41, 5.74) is 9.65. The van der Waals surface area contributed by atoms with E-state index in [0.717, 1.165) is 11.1 Å². The molecular formula is C20H19N5O3S. The zero-order chi connectivity index (χ0) is 20.6. The standard InChI is InChI=1S/C20H19N5O3S/c1-13-11-14(17-12-22-19-9-10-23-25(19)20(17)21)3-8-18(13)24-29(26,27)16-6-4-15(28-2)5-7-16/h3-12,24H,21H2,1-2H3. The van der Waals surface area contributed by atoms with Gasteiger partial charge in [-0.05, 0) is 54.4 Å². The molecule has 4 rings (SSSR count). The first kappa shape index (κ1) is 18.8. The molecule has 8 nitrogen and oxygen atoms in total. The Labute approximate surface area is 168 Å². The summed E-state index contributed by atoms with van der Waals surface area (Å²) in [6.45, 7) is 1.82. The Hall–Kier alpha value is -3.59. The van der Waals surface area contributed by atoms with E-state index in [9.17, 15) is 8.42 Å². The molecule has 0 radical (unpaired) electrons. The van der Waals surface area contributed by atoms with Gasteiger partial charge in [-0.15, -0.1) is 0 Å². The molecule has 0 spiro atoms. The fraction of sp³-hybridized carbons (Fsp3) is 0.100. The summed E-state index contributed by atoms with van der Waals surface area (Å²) in [7, 11) is -2.20. The van der Waals surface area contributed by atoms with E-state index in [2.05, 4.69) is 14.8 Å². The molecule has 3 N–H and O–H groups in total. The molecule has 0 unspecified atom stereocenters. The number of nitrogens with zero attached hydrogens (tertiary/aromatic N) is 3. The summed E-state index contributed by atoms with van der Waals surface area (Å²) in [6, 6.07) is 13.3. The van der Waals surface area contributed by atoms with Crippen molar-refractivity contribution in [3.8, 4) is 16.9 Å². The van der Waals surface area contributed by atoms with Gasteiger partial charge >= 0.3 is 0 Å². The molecule has 29 heavy (non-hydrogen) atoms. The van der Waals surface area contributed by atoms with E-state index in [4.69, 9.17) is 10.5 Å². The summed E-state index contributed by atoms with van der Waals surface area (Å²) < 4.78 is 34.6. The topological polar surface area (TPSA) is 112 Å². The Morgan fingerprint density at radius 1 is 1.10 bits per heavy atom. The van der Waals surface area contributed by atoms with Crippen LogP contribution in [0.5, 0.6) is 5.75 Å². The number of nitrogens with two attached hydrogens (primary N) is 1. The highest BCUT2D eigenvalue weighted by molar-refractivity contribution is 7.92. The Morgan fingerprint density at radius 3 is 2.55 bits per heavy atom. The largest absolute Gasteiger partial charge is 0.497 e. The quantitative estimate of drug-likeness (QED) is 0.524. The van der Waals surface area contributed by atoms with E-state index in [0.29, 0.717) is 28.5 Å². The van der Waals surface area contributed by atoms with Gasteiger partial charge in [0.25, 0.3) is 10.0 Å². The lowest BCUT2D eigenvalue weighted by molar-refractivity contribution is 0.414. The number of aryl methyl sites for hydroxylation is 1. The van der Waals surface area contributed by atoms with Gasteiger partial charge in [0.15, 0.2) is 5.65 Å². The second-order valence-electron chi connectivity index (χ2n) is 6.47. The van der Waals surface area contributed by atoms with Crippen LogP contribution in [-0.2, 0) is 10.0 Å². The van der Waals surface area contributed by atoms with Gasteiger partial charge in [0, 0.05) is 17.8 Å². The molecule has 0 aliphatic carbocycles.